The van der Waals surface area contributed by atoms with Gasteiger partial charge in [-0.15, -0.1) is 10.2 Å². The van der Waals surface area contributed by atoms with E-state index in [2.05, 4.69) is 57.1 Å². The molecule has 0 saturated carbocycles. The van der Waals surface area contributed by atoms with Crippen LogP contribution in [-0.2, 0) is 11.3 Å². The molecule has 4 aromatic rings. The highest BCUT2D eigenvalue weighted by atomic mass is 32.2. The second-order valence-electron chi connectivity index (χ2n) is 8.91. The van der Waals surface area contributed by atoms with Crippen LogP contribution in [0.2, 0.25) is 0 Å². The third-order valence-electron chi connectivity index (χ3n) is 6.43. The predicted molar refractivity (Wildman–Crippen MR) is 150 cm³/mol. The molecular weight excluding hydrogens is 503 g/mol. The van der Waals surface area contributed by atoms with E-state index in [-0.39, 0.29) is 22.2 Å². The first-order valence-corrected chi connectivity index (χ1v) is 14.0. The van der Waals surface area contributed by atoms with Crippen molar-refractivity contribution in [3.8, 4) is 34.3 Å². The van der Waals surface area contributed by atoms with Crippen LogP contribution in [0.4, 0.5) is 10.2 Å². The van der Waals surface area contributed by atoms with Crippen molar-refractivity contribution in [2.45, 2.75) is 36.5 Å². The maximum atomic E-state index is 12.3. The summed E-state index contributed by atoms with van der Waals surface area (Å²) in [6.45, 7) is 4.35. The van der Waals surface area contributed by atoms with Crippen molar-refractivity contribution in [3.63, 3.8) is 0 Å². The number of ether oxygens (including phenoxy) is 1. The van der Waals surface area contributed by atoms with Crippen LogP contribution < -0.4 is 11.1 Å². The molecule has 1 aliphatic rings. The standard InChI is InChI=1S/C28H31FN6O2S/c1-2-38(23-11-15-36-16-12-23)22-9-7-20(8-10-22)24-18-32-26(30)25(33-24)28-35-34-27(37-28)21-5-3-19(4-6-21)17-31-14-13-29/h2-10,18,23,31H,11-17H2,1H3,(H2,30,32). The largest absolute Gasteiger partial charge is 0.414 e. The summed E-state index contributed by atoms with van der Waals surface area (Å²) in [6.07, 6.45) is 3.84. The number of nitrogens with one attached hydrogen (secondary N) is 1. The second kappa shape index (κ2) is 12.4. The van der Waals surface area contributed by atoms with Crippen LogP contribution in [0.1, 0.15) is 25.3 Å². The Bertz CT molecular complexity index is 1390. The molecule has 1 atom stereocenters. The van der Waals surface area contributed by atoms with Crippen molar-refractivity contribution >= 4 is 21.7 Å². The van der Waals surface area contributed by atoms with Gasteiger partial charge in [0.1, 0.15) is 6.67 Å². The van der Waals surface area contributed by atoms with E-state index in [1.54, 1.807) is 6.20 Å². The Balaban J connectivity index is 1.34. The number of hydrogen-bond acceptors (Lipinski definition) is 8. The number of rotatable bonds is 9. The van der Waals surface area contributed by atoms with Gasteiger partial charge in [0, 0.05) is 47.6 Å². The molecule has 8 nitrogen and oxygen atoms in total. The smallest absolute Gasteiger partial charge is 0.270 e. The number of nitrogens with two attached hydrogens (primary N) is 1. The van der Waals surface area contributed by atoms with Gasteiger partial charge in [0.05, 0.1) is 11.9 Å². The molecule has 1 fully saturated rings. The average Bonchev–Trinajstić information content (AvgIpc) is 3.45. The van der Waals surface area contributed by atoms with Crippen molar-refractivity contribution in [2.24, 2.45) is 0 Å². The van der Waals surface area contributed by atoms with Crippen molar-refractivity contribution in [1.82, 2.24) is 25.5 Å². The number of nitrogen functional groups attached to an aromatic ring is 1. The lowest BCUT2D eigenvalue weighted by Gasteiger charge is -2.26. The lowest BCUT2D eigenvalue weighted by Crippen LogP contribution is -2.19. The van der Waals surface area contributed by atoms with Crippen LogP contribution in [0.15, 0.2) is 64.0 Å². The molecule has 3 N–H and O–H groups in total. The fourth-order valence-electron chi connectivity index (χ4n) is 4.43. The monoisotopic (exact) mass is 534 g/mol. The molecule has 1 saturated heterocycles. The van der Waals surface area contributed by atoms with Gasteiger partial charge in [0.25, 0.3) is 5.89 Å². The van der Waals surface area contributed by atoms with Crippen molar-refractivity contribution < 1.29 is 13.5 Å². The van der Waals surface area contributed by atoms with E-state index in [0.29, 0.717) is 35.6 Å². The zero-order valence-corrected chi connectivity index (χ0v) is 22.1. The first-order chi connectivity index (χ1) is 18.7. The second-order valence-corrected chi connectivity index (χ2v) is 11.3. The maximum absolute atomic E-state index is 12.3. The molecule has 10 heteroatoms. The molecule has 5 rings (SSSR count). The highest BCUT2D eigenvalue weighted by molar-refractivity contribution is 8.15. The maximum Gasteiger partial charge on any atom is 0.270 e. The summed E-state index contributed by atoms with van der Waals surface area (Å²) < 4.78 is 23.7. The highest BCUT2D eigenvalue weighted by Gasteiger charge is 2.19. The number of halogens is 1. The molecule has 38 heavy (non-hydrogen) atoms. The van der Waals surface area contributed by atoms with Crippen LogP contribution >= 0.6 is 10.5 Å². The van der Waals surface area contributed by atoms with Gasteiger partial charge in [-0.1, -0.05) is 29.6 Å². The minimum Gasteiger partial charge on any atom is -0.414 e. The van der Waals surface area contributed by atoms with Crippen molar-refractivity contribution in [1.29, 1.82) is 0 Å². The summed E-state index contributed by atoms with van der Waals surface area (Å²) in [5, 5.41) is 14.3. The average molecular weight is 535 g/mol. The summed E-state index contributed by atoms with van der Waals surface area (Å²) in [6, 6.07) is 16.1. The summed E-state index contributed by atoms with van der Waals surface area (Å²) in [5.74, 6) is 0.783. The van der Waals surface area contributed by atoms with Gasteiger partial charge in [0.2, 0.25) is 5.89 Å². The summed E-state index contributed by atoms with van der Waals surface area (Å²) in [7, 11) is 0.0839. The molecule has 0 amide bonds. The molecule has 1 unspecified atom stereocenters. The van der Waals surface area contributed by atoms with Crippen LogP contribution in [-0.4, -0.2) is 57.2 Å². The minimum atomic E-state index is -0.392. The summed E-state index contributed by atoms with van der Waals surface area (Å²) in [5.41, 5.74) is 9.91. The van der Waals surface area contributed by atoms with Gasteiger partial charge < -0.3 is 20.2 Å². The van der Waals surface area contributed by atoms with E-state index in [4.69, 9.17) is 19.9 Å². The number of alkyl halides is 1. The van der Waals surface area contributed by atoms with Gasteiger partial charge in [-0.3, -0.25) is 0 Å². The van der Waals surface area contributed by atoms with E-state index >= 15 is 0 Å². The minimum absolute atomic E-state index is 0.0839. The molecular formula is C28H31FN6O2S. The quantitative estimate of drug-likeness (QED) is 0.225. The Labute approximate surface area is 223 Å². The number of aromatic nitrogens is 4. The Kier molecular flexibility index (Phi) is 8.52. The van der Waals surface area contributed by atoms with Gasteiger partial charge in [-0.05, 0) is 49.6 Å². The molecule has 0 bridgehead atoms. The van der Waals surface area contributed by atoms with Crippen LogP contribution in [0, 0.1) is 0 Å². The van der Waals surface area contributed by atoms with Crippen LogP contribution in [0.25, 0.3) is 34.3 Å². The number of nitrogens with zero attached hydrogens (tertiary/aromatic N) is 4. The topological polar surface area (TPSA) is 112 Å². The number of benzene rings is 2. The van der Waals surface area contributed by atoms with E-state index in [1.807, 2.05) is 24.3 Å². The predicted octanol–water partition coefficient (Wildman–Crippen LogP) is 5.13. The Morgan fingerprint density at radius 3 is 2.45 bits per heavy atom. The van der Waals surface area contributed by atoms with Gasteiger partial charge in [-0.2, -0.15) is 10.5 Å². The first-order valence-electron chi connectivity index (χ1n) is 12.7. The zero-order chi connectivity index (χ0) is 26.3. The van der Waals surface area contributed by atoms with Crippen molar-refractivity contribution in [3.05, 3.63) is 60.3 Å². The highest BCUT2D eigenvalue weighted by Crippen LogP contribution is 2.37. The van der Waals surface area contributed by atoms with Crippen molar-refractivity contribution in [2.75, 3.05) is 32.2 Å². The lowest BCUT2D eigenvalue weighted by molar-refractivity contribution is 0.0999. The Morgan fingerprint density at radius 2 is 1.74 bits per heavy atom. The third-order valence-corrected chi connectivity index (χ3v) is 8.95. The van der Waals surface area contributed by atoms with E-state index in [9.17, 15) is 4.39 Å². The lowest BCUT2D eigenvalue weighted by atomic mass is 10.1. The van der Waals surface area contributed by atoms with E-state index < -0.39 is 6.67 Å². The van der Waals surface area contributed by atoms with Crippen LogP contribution in [0.5, 0.6) is 0 Å². The fraction of sp³-hybridized carbons (Fsp3) is 0.321. The molecule has 0 aliphatic carbocycles. The molecule has 0 spiro atoms. The number of hydrogen-bond donors (Lipinski definition) is 2. The molecule has 0 radical (unpaired) electrons. The normalized spacial score (nSPS) is 15.1. The number of anilines is 1. The molecule has 198 valence electrons. The first kappa shape index (κ1) is 26.1. The van der Waals surface area contributed by atoms with Crippen LogP contribution in [0.3, 0.4) is 0 Å². The molecule has 1 aliphatic heterocycles. The van der Waals surface area contributed by atoms with Gasteiger partial charge >= 0.3 is 0 Å². The third kappa shape index (κ3) is 5.98. The van der Waals surface area contributed by atoms with E-state index in [0.717, 1.165) is 42.7 Å². The molecule has 3 heterocycles. The fourth-order valence-corrected chi connectivity index (χ4v) is 6.62. The molecule has 2 aromatic heterocycles. The zero-order valence-electron chi connectivity index (χ0n) is 21.3. The van der Waals surface area contributed by atoms with Gasteiger partial charge in [-0.25, -0.2) is 14.4 Å². The SMILES string of the molecule is C/C=S(\c1ccc(-c2cnc(N)c(-c3nnc(-c4ccc(CNCCF)cc4)o3)n2)cc1)C1CCOCC1. The Morgan fingerprint density at radius 1 is 1.03 bits per heavy atom. The Hall–Kier alpha value is -3.47. The van der Waals surface area contributed by atoms with E-state index in [1.165, 1.54) is 4.90 Å². The van der Waals surface area contributed by atoms with Gasteiger partial charge in [0.15, 0.2) is 11.5 Å². The summed E-state index contributed by atoms with van der Waals surface area (Å²) >= 11 is 0. The molecule has 2 aromatic carbocycles. The summed E-state index contributed by atoms with van der Waals surface area (Å²) in [4.78, 5) is 10.4.